The maximum Gasteiger partial charge on any atom is 0.328 e. The summed E-state index contributed by atoms with van der Waals surface area (Å²) in [5.41, 5.74) is 11.8. The van der Waals surface area contributed by atoms with Crippen LogP contribution < -0.4 is 16.2 Å². The first-order chi connectivity index (χ1) is 15.8. The van der Waals surface area contributed by atoms with Gasteiger partial charge in [0.2, 0.25) is 0 Å². The molecule has 3 aromatic heterocycles. The van der Waals surface area contributed by atoms with Gasteiger partial charge in [-0.15, -0.1) is 0 Å². The molecule has 1 aromatic carbocycles. The molecule has 166 valence electrons. The molecule has 1 aliphatic rings. The lowest BCUT2D eigenvalue weighted by Crippen LogP contribution is -2.24. The fourth-order valence-electron chi connectivity index (χ4n) is 4.43. The Morgan fingerprint density at radius 3 is 2.82 bits per heavy atom. The van der Waals surface area contributed by atoms with Crippen LogP contribution in [0.25, 0.3) is 22.4 Å². The maximum absolute atomic E-state index is 13.1. The van der Waals surface area contributed by atoms with Gasteiger partial charge in [-0.25, -0.2) is 9.78 Å². The first-order valence-electron chi connectivity index (χ1n) is 10.5. The van der Waals surface area contributed by atoms with Gasteiger partial charge in [0.05, 0.1) is 17.9 Å². The van der Waals surface area contributed by atoms with Crippen molar-refractivity contribution in [1.82, 2.24) is 23.9 Å². The highest BCUT2D eigenvalue weighted by molar-refractivity contribution is 5.74. The normalized spacial score (nSPS) is 14.7. The number of benzene rings is 1. The molecule has 2 bridgehead atoms. The SMILES string of the molecule is Cc1ccc2c(c1)[C@@H](C)Oc1cc(cnc1N)-c1c(nn(C)c1C#N)Cn1c-2cn(C)c1=O. The molecule has 0 radical (unpaired) electrons. The number of rotatable bonds is 0. The minimum absolute atomic E-state index is 0.173. The van der Waals surface area contributed by atoms with E-state index in [1.807, 2.05) is 32.2 Å². The molecule has 0 unspecified atom stereocenters. The molecule has 33 heavy (non-hydrogen) atoms. The van der Waals surface area contributed by atoms with Crippen LogP contribution in [0.1, 0.15) is 35.5 Å². The third kappa shape index (κ3) is 3.19. The van der Waals surface area contributed by atoms with Crippen molar-refractivity contribution in [3.05, 3.63) is 69.7 Å². The van der Waals surface area contributed by atoms with Crippen LogP contribution in [0.4, 0.5) is 5.82 Å². The summed E-state index contributed by atoms with van der Waals surface area (Å²) >= 11 is 0. The van der Waals surface area contributed by atoms with Gasteiger partial charge in [-0.2, -0.15) is 10.4 Å². The number of aryl methyl sites for hydroxylation is 3. The van der Waals surface area contributed by atoms with Crippen LogP contribution in [-0.4, -0.2) is 23.9 Å². The second kappa shape index (κ2) is 7.38. The second-order valence-corrected chi connectivity index (χ2v) is 8.36. The number of anilines is 1. The Labute approximate surface area is 190 Å². The predicted molar refractivity (Wildman–Crippen MR) is 124 cm³/mol. The number of nitrogen functional groups attached to an aromatic ring is 1. The van der Waals surface area contributed by atoms with Crippen LogP contribution in [-0.2, 0) is 20.6 Å². The zero-order valence-corrected chi connectivity index (χ0v) is 18.8. The van der Waals surface area contributed by atoms with Crippen molar-refractivity contribution in [2.45, 2.75) is 26.5 Å². The minimum atomic E-state index is -0.369. The quantitative estimate of drug-likeness (QED) is 0.448. The van der Waals surface area contributed by atoms with Crippen molar-refractivity contribution in [1.29, 1.82) is 5.26 Å². The zero-order chi connectivity index (χ0) is 23.4. The van der Waals surface area contributed by atoms with Gasteiger partial charge in [0.15, 0.2) is 11.6 Å². The Morgan fingerprint density at radius 1 is 1.27 bits per heavy atom. The third-order valence-electron chi connectivity index (χ3n) is 6.07. The van der Waals surface area contributed by atoms with Crippen LogP contribution in [0.15, 0.2) is 41.5 Å². The van der Waals surface area contributed by atoms with Gasteiger partial charge in [0, 0.05) is 48.7 Å². The van der Waals surface area contributed by atoms with E-state index in [0.717, 1.165) is 22.4 Å². The van der Waals surface area contributed by atoms with E-state index in [-0.39, 0.29) is 24.2 Å². The number of hydrogen-bond acceptors (Lipinski definition) is 6. The largest absolute Gasteiger partial charge is 0.482 e. The van der Waals surface area contributed by atoms with Crippen LogP contribution in [0.3, 0.4) is 0 Å². The Bertz CT molecular complexity index is 1520. The number of imidazole rings is 1. The molecule has 9 nitrogen and oxygen atoms in total. The van der Waals surface area contributed by atoms with E-state index in [1.54, 1.807) is 35.5 Å². The number of aromatic nitrogens is 5. The van der Waals surface area contributed by atoms with Crippen LogP contribution in [0.2, 0.25) is 0 Å². The number of hydrogen-bond donors (Lipinski definition) is 1. The lowest BCUT2D eigenvalue weighted by molar-refractivity contribution is 0.228. The van der Waals surface area contributed by atoms with Gasteiger partial charge in [-0.3, -0.25) is 9.25 Å². The van der Waals surface area contributed by atoms with Crippen LogP contribution in [0, 0.1) is 18.3 Å². The van der Waals surface area contributed by atoms with Gasteiger partial charge in [0.25, 0.3) is 0 Å². The summed E-state index contributed by atoms with van der Waals surface area (Å²) in [5, 5.41) is 14.4. The highest BCUT2D eigenvalue weighted by Crippen LogP contribution is 2.37. The van der Waals surface area contributed by atoms with Gasteiger partial charge >= 0.3 is 5.69 Å². The summed E-state index contributed by atoms with van der Waals surface area (Å²) in [6.45, 7) is 4.15. The van der Waals surface area contributed by atoms with Crippen molar-refractivity contribution in [2.24, 2.45) is 14.1 Å². The fraction of sp³-hybridized carbons (Fsp3) is 0.250. The summed E-state index contributed by atoms with van der Waals surface area (Å²) in [7, 11) is 3.43. The number of fused-ring (bicyclic) bond motifs is 7. The van der Waals surface area contributed by atoms with Crippen LogP contribution >= 0.6 is 0 Å². The molecular weight excluding hydrogens is 418 g/mol. The molecule has 1 aliphatic heterocycles. The highest BCUT2D eigenvalue weighted by atomic mass is 16.5. The van der Waals surface area contributed by atoms with Crippen molar-refractivity contribution in [2.75, 3.05) is 5.73 Å². The third-order valence-corrected chi connectivity index (χ3v) is 6.07. The number of pyridine rings is 1. The van der Waals surface area contributed by atoms with Crippen LogP contribution in [0.5, 0.6) is 5.75 Å². The predicted octanol–water partition coefficient (Wildman–Crippen LogP) is 2.91. The van der Waals surface area contributed by atoms with Crippen molar-refractivity contribution in [3.63, 3.8) is 0 Å². The second-order valence-electron chi connectivity index (χ2n) is 8.36. The number of ether oxygens (including phenoxy) is 1. The lowest BCUT2D eigenvalue weighted by Gasteiger charge is -2.21. The number of nitriles is 1. The van der Waals surface area contributed by atoms with Crippen molar-refractivity contribution in [3.8, 4) is 34.2 Å². The summed E-state index contributed by atoms with van der Waals surface area (Å²) < 4.78 is 11.1. The number of nitrogens with zero attached hydrogens (tertiary/aromatic N) is 6. The van der Waals surface area contributed by atoms with Crippen molar-refractivity contribution >= 4 is 5.82 Å². The first-order valence-corrected chi connectivity index (χ1v) is 10.5. The molecule has 9 heteroatoms. The maximum atomic E-state index is 13.1. The number of nitrogens with two attached hydrogens (primary N) is 1. The molecule has 0 amide bonds. The minimum Gasteiger partial charge on any atom is -0.482 e. The molecule has 0 aliphatic carbocycles. The van der Waals surface area contributed by atoms with E-state index in [9.17, 15) is 10.1 Å². The van der Waals surface area contributed by atoms with E-state index >= 15 is 0 Å². The Hall–Kier alpha value is -4.32. The smallest absolute Gasteiger partial charge is 0.328 e. The standard InChI is InChI=1S/C24H23N7O2/c1-13-5-6-16-17(7-13)14(2)33-21-8-15(10-27-23(21)26)22-18(28-30(4)19(22)9-25)11-31-20(16)12-29(3)24(31)32/h5-8,10,12,14H,11H2,1-4H3,(H2,26,27)/t14-/m1/s1. The average molecular weight is 441 g/mol. The average Bonchev–Trinajstić information content (AvgIpc) is 3.25. The monoisotopic (exact) mass is 441 g/mol. The van der Waals surface area contributed by atoms with Gasteiger partial charge < -0.3 is 15.0 Å². The molecule has 0 fully saturated rings. The summed E-state index contributed by atoms with van der Waals surface area (Å²) in [5.74, 6) is 0.689. The molecule has 0 spiro atoms. The molecule has 4 heterocycles. The molecule has 4 aromatic rings. The van der Waals surface area contributed by atoms with E-state index in [2.05, 4.69) is 22.2 Å². The molecule has 0 saturated carbocycles. The van der Waals surface area contributed by atoms with Gasteiger partial charge in [0.1, 0.15) is 17.9 Å². The van der Waals surface area contributed by atoms with Gasteiger partial charge in [-0.1, -0.05) is 23.8 Å². The Kier molecular flexibility index (Phi) is 4.60. The van der Waals surface area contributed by atoms with E-state index in [4.69, 9.17) is 10.5 Å². The Balaban J connectivity index is 1.88. The summed E-state index contributed by atoms with van der Waals surface area (Å²) in [6.07, 6.45) is 3.05. The first kappa shape index (κ1) is 20.6. The highest BCUT2D eigenvalue weighted by Gasteiger charge is 2.25. The van der Waals surface area contributed by atoms with Gasteiger partial charge in [-0.05, 0) is 19.9 Å². The lowest BCUT2D eigenvalue weighted by atomic mass is 9.97. The van der Waals surface area contributed by atoms with Crippen molar-refractivity contribution < 1.29 is 4.74 Å². The zero-order valence-electron chi connectivity index (χ0n) is 18.8. The molecule has 5 rings (SSSR count). The fourth-order valence-corrected chi connectivity index (χ4v) is 4.43. The summed E-state index contributed by atoms with van der Waals surface area (Å²) in [4.78, 5) is 17.5. The van der Waals surface area contributed by atoms with E-state index in [1.165, 1.54) is 4.68 Å². The molecular formula is C24H23N7O2. The van der Waals surface area contributed by atoms with E-state index in [0.29, 0.717) is 28.3 Å². The Morgan fingerprint density at radius 2 is 2.06 bits per heavy atom. The molecule has 1 atom stereocenters. The topological polar surface area (TPSA) is 117 Å². The van der Waals surface area contributed by atoms with E-state index < -0.39 is 0 Å². The molecule has 2 N–H and O–H groups in total. The molecule has 0 saturated heterocycles. The summed E-state index contributed by atoms with van der Waals surface area (Å²) in [6, 6.07) is 10.1.